The van der Waals surface area contributed by atoms with Gasteiger partial charge in [0, 0.05) is 12.6 Å². The van der Waals surface area contributed by atoms with Gasteiger partial charge in [-0.1, -0.05) is 30.8 Å². The van der Waals surface area contributed by atoms with Crippen LogP contribution >= 0.6 is 11.8 Å². The summed E-state index contributed by atoms with van der Waals surface area (Å²) < 4.78 is 0. The highest BCUT2D eigenvalue weighted by atomic mass is 32.2. The molecule has 3 rings (SSSR count). The summed E-state index contributed by atoms with van der Waals surface area (Å²) in [5.41, 5.74) is 1.77. The van der Waals surface area contributed by atoms with Crippen LogP contribution in [-0.2, 0) is 4.79 Å². The van der Waals surface area contributed by atoms with Crippen molar-refractivity contribution >= 4 is 28.7 Å². The Labute approximate surface area is 135 Å². The number of carbonyl (C=O) groups excluding carboxylic acids is 1. The molecule has 116 valence electrons. The van der Waals surface area contributed by atoms with Gasteiger partial charge in [0.1, 0.15) is 5.03 Å². The normalized spacial score (nSPS) is 18.6. The second-order valence-corrected chi connectivity index (χ2v) is 6.63. The maximum atomic E-state index is 12.5. The first kappa shape index (κ1) is 15.3. The topological polar surface area (TPSA) is 46.1 Å². The van der Waals surface area contributed by atoms with Gasteiger partial charge in [0.25, 0.3) is 0 Å². The van der Waals surface area contributed by atoms with Crippen molar-refractivity contribution in [3.05, 3.63) is 30.5 Å². The molecule has 4 nitrogen and oxygen atoms in total. The number of thioether (sulfide) groups is 1. The van der Waals surface area contributed by atoms with Gasteiger partial charge in [0.2, 0.25) is 5.91 Å². The third-order valence-electron chi connectivity index (χ3n) is 4.19. The maximum absolute atomic E-state index is 12.5. The zero-order chi connectivity index (χ0) is 15.4. The molecule has 2 heterocycles. The zero-order valence-corrected chi connectivity index (χ0v) is 13.7. The van der Waals surface area contributed by atoms with Crippen LogP contribution in [0.2, 0.25) is 0 Å². The van der Waals surface area contributed by atoms with Gasteiger partial charge in [0.15, 0.2) is 0 Å². The van der Waals surface area contributed by atoms with E-state index in [4.69, 9.17) is 0 Å². The number of hydrogen-bond acceptors (Lipinski definition) is 4. The van der Waals surface area contributed by atoms with E-state index in [-0.39, 0.29) is 5.91 Å². The molecule has 1 aliphatic rings. The van der Waals surface area contributed by atoms with Crippen LogP contribution in [0.25, 0.3) is 11.0 Å². The van der Waals surface area contributed by atoms with Crippen LogP contribution in [0.15, 0.2) is 35.5 Å². The number of amides is 1. The van der Waals surface area contributed by atoms with Crippen molar-refractivity contribution in [3.63, 3.8) is 0 Å². The van der Waals surface area contributed by atoms with E-state index in [1.807, 2.05) is 24.3 Å². The molecule has 1 aromatic carbocycles. The molecule has 22 heavy (non-hydrogen) atoms. The Hall–Kier alpha value is -1.62. The zero-order valence-electron chi connectivity index (χ0n) is 12.9. The van der Waals surface area contributed by atoms with Crippen molar-refractivity contribution in [2.24, 2.45) is 0 Å². The first-order valence-electron chi connectivity index (χ1n) is 7.92. The van der Waals surface area contributed by atoms with Crippen LogP contribution in [-0.4, -0.2) is 39.1 Å². The standard InChI is InChI=1S/C17H21N3OS/c1-2-13-7-5-6-10-20(13)17(21)12-22-16-11-18-14-8-3-4-9-15(14)19-16/h3-4,8-9,11,13H,2,5-7,10,12H2,1H3/t13-/m1/s1. The highest BCUT2D eigenvalue weighted by Gasteiger charge is 2.25. The molecule has 5 heteroatoms. The smallest absolute Gasteiger partial charge is 0.233 e. The highest BCUT2D eigenvalue weighted by Crippen LogP contribution is 2.23. The Kier molecular flexibility index (Phi) is 4.93. The third kappa shape index (κ3) is 3.40. The Bertz CT molecular complexity index is 661. The van der Waals surface area contributed by atoms with E-state index in [0.717, 1.165) is 41.9 Å². The molecule has 2 aromatic rings. The van der Waals surface area contributed by atoms with Crippen LogP contribution < -0.4 is 0 Å². The summed E-state index contributed by atoms with van der Waals surface area (Å²) in [5.74, 6) is 0.676. The van der Waals surface area contributed by atoms with Crippen molar-refractivity contribution in [2.45, 2.75) is 43.7 Å². The van der Waals surface area contributed by atoms with Gasteiger partial charge in [-0.2, -0.15) is 0 Å². The molecule has 1 aliphatic heterocycles. The largest absolute Gasteiger partial charge is 0.339 e. The SMILES string of the molecule is CC[C@@H]1CCCCN1C(=O)CSc1cnc2ccccc2n1. The molecule has 0 aliphatic carbocycles. The quantitative estimate of drug-likeness (QED) is 0.810. The summed E-state index contributed by atoms with van der Waals surface area (Å²) in [6, 6.07) is 8.22. The lowest BCUT2D eigenvalue weighted by Crippen LogP contribution is -2.44. The number of fused-ring (bicyclic) bond motifs is 1. The van der Waals surface area contributed by atoms with Gasteiger partial charge in [-0.15, -0.1) is 0 Å². The monoisotopic (exact) mass is 315 g/mol. The van der Waals surface area contributed by atoms with Crippen molar-refractivity contribution < 1.29 is 4.79 Å². The Morgan fingerprint density at radius 1 is 1.32 bits per heavy atom. The van der Waals surface area contributed by atoms with Gasteiger partial charge >= 0.3 is 0 Å². The third-order valence-corrected chi connectivity index (χ3v) is 5.07. The molecule has 0 saturated carbocycles. The second-order valence-electron chi connectivity index (χ2n) is 5.63. The maximum Gasteiger partial charge on any atom is 0.233 e. The van der Waals surface area contributed by atoms with Crippen LogP contribution in [0.5, 0.6) is 0 Å². The minimum Gasteiger partial charge on any atom is -0.339 e. The number of para-hydroxylation sites is 2. The Balaban J connectivity index is 1.64. The van der Waals surface area contributed by atoms with E-state index in [9.17, 15) is 4.79 Å². The van der Waals surface area contributed by atoms with Crippen LogP contribution in [0.4, 0.5) is 0 Å². The predicted octanol–water partition coefficient (Wildman–Crippen LogP) is 3.51. The number of nitrogens with zero attached hydrogens (tertiary/aromatic N) is 3. The number of piperidine rings is 1. The van der Waals surface area contributed by atoms with Gasteiger partial charge in [0.05, 0.1) is 23.0 Å². The van der Waals surface area contributed by atoms with E-state index < -0.39 is 0 Å². The van der Waals surface area contributed by atoms with E-state index in [2.05, 4.69) is 21.8 Å². The molecule has 0 radical (unpaired) electrons. The van der Waals surface area contributed by atoms with Gasteiger partial charge in [-0.05, 0) is 37.8 Å². The van der Waals surface area contributed by atoms with E-state index >= 15 is 0 Å². The highest BCUT2D eigenvalue weighted by molar-refractivity contribution is 7.99. The first-order valence-corrected chi connectivity index (χ1v) is 8.90. The van der Waals surface area contributed by atoms with E-state index in [1.54, 1.807) is 6.20 Å². The van der Waals surface area contributed by atoms with Crippen LogP contribution in [0, 0.1) is 0 Å². The summed E-state index contributed by atoms with van der Waals surface area (Å²) in [7, 11) is 0. The van der Waals surface area contributed by atoms with Crippen LogP contribution in [0.3, 0.4) is 0 Å². The van der Waals surface area contributed by atoms with E-state index in [1.165, 1.54) is 18.2 Å². The molecule has 0 bridgehead atoms. The first-order chi connectivity index (χ1) is 10.8. The number of aromatic nitrogens is 2. The minimum atomic E-state index is 0.228. The molecule has 1 atom stereocenters. The van der Waals surface area contributed by atoms with Gasteiger partial charge < -0.3 is 4.90 Å². The van der Waals surface area contributed by atoms with Crippen molar-refractivity contribution in [3.8, 4) is 0 Å². The predicted molar refractivity (Wildman–Crippen MR) is 89.9 cm³/mol. The molecular formula is C17H21N3OS. The lowest BCUT2D eigenvalue weighted by atomic mass is 10.0. The van der Waals surface area contributed by atoms with Crippen molar-refractivity contribution in [1.29, 1.82) is 0 Å². The van der Waals surface area contributed by atoms with Crippen molar-refractivity contribution in [2.75, 3.05) is 12.3 Å². The summed E-state index contributed by atoms with van der Waals surface area (Å²) in [6.07, 6.45) is 6.32. The number of rotatable bonds is 4. The average Bonchev–Trinajstić information content (AvgIpc) is 2.59. The number of hydrogen-bond donors (Lipinski definition) is 0. The minimum absolute atomic E-state index is 0.228. The van der Waals surface area contributed by atoms with Crippen molar-refractivity contribution in [1.82, 2.24) is 14.9 Å². The number of likely N-dealkylation sites (tertiary alicyclic amines) is 1. The molecule has 1 fully saturated rings. The number of benzene rings is 1. The molecule has 1 aromatic heterocycles. The Morgan fingerprint density at radius 2 is 2.14 bits per heavy atom. The fraction of sp³-hybridized carbons (Fsp3) is 0.471. The second kappa shape index (κ2) is 7.09. The molecule has 1 saturated heterocycles. The van der Waals surface area contributed by atoms with Crippen LogP contribution in [0.1, 0.15) is 32.6 Å². The molecular weight excluding hydrogens is 294 g/mol. The lowest BCUT2D eigenvalue weighted by Gasteiger charge is -2.35. The average molecular weight is 315 g/mol. The Morgan fingerprint density at radius 3 is 2.95 bits per heavy atom. The number of carbonyl (C=O) groups is 1. The van der Waals surface area contributed by atoms with Gasteiger partial charge in [-0.3, -0.25) is 9.78 Å². The molecule has 1 amide bonds. The summed E-state index contributed by atoms with van der Waals surface area (Å²) in [4.78, 5) is 23.5. The van der Waals surface area contributed by atoms with Gasteiger partial charge in [-0.25, -0.2) is 4.98 Å². The summed E-state index contributed by atoms with van der Waals surface area (Å²) >= 11 is 1.48. The summed E-state index contributed by atoms with van der Waals surface area (Å²) in [6.45, 7) is 3.07. The molecule has 0 N–H and O–H groups in total. The summed E-state index contributed by atoms with van der Waals surface area (Å²) in [5, 5.41) is 0.817. The molecule has 0 unspecified atom stereocenters. The lowest BCUT2D eigenvalue weighted by molar-refractivity contribution is -0.132. The van der Waals surface area contributed by atoms with E-state index in [0.29, 0.717) is 11.8 Å². The fourth-order valence-electron chi connectivity index (χ4n) is 2.98. The molecule has 0 spiro atoms. The fourth-order valence-corrected chi connectivity index (χ4v) is 3.71.